The fourth-order valence-corrected chi connectivity index (χ4v) is 2.11. The van der Waals surface area contributed by atoms with E-state index in [-0.39, 0.29) is 30.5 Å². The first-order valence-corrected chi connectivity index (χ1v) is 7.44. The summed E-state index contributed by atoms with van der Waals surface area (Å²) in [4.78, 5) is 26.1. The van der Waals surface area contributed by atoms with Crippen LogP contribution in [-0.4, -0.2) is 21.8 Å². The molecule has 0 aliphatic carbocycles. The lowest BCUT2D eigenvalue weighted by Gasteiger charge is -2.10. The number of carbonyl (C=O) groups is 2. The summed E-state index contributed by atoms with van der Waals surface area (Å²) in [7, 11) is 0. The Morgan fingerprint density at radius 1 is 1.24 bits per heavy atom. The number of halogens is 3. The Hall–Kier alpha value is -2.71. The molecule has 9 heteroatoms. The van der Waals surface area contributed by atoms with Gasteiger partial charge < -0.3 is 14.6 Å². The van der Waals surface area contributed by atoms with Crippen molar-refractivity contribution in [3.63, 3.8) is 0 Å². The number of alkyl halides is 3. The zero-order chi connectivity index (χ0) is 18.6. The second-order valence-electron chi connectivity index (χ2n) is 5.64. The van der Waals surface area contributed by atoms with E-state index >= 15 is 0 Å². The molecule has 1 N–H and O–H groups in total. The van der Waals surface area contributed by atoms with Crippen molar-refractivity contribution in [1.82, 2.24) is 15.5 Å². The van der Waals surface area contributed by atoms with Crippen LogP contribution in [-0.2, 0) is 22.3 Å². The lowest BCUT2D eigenvalue weighted by atomic mass is 10.0. The standard InChI is InChI=1S/C16H16F3N3O3/c1-9(7-10(2)23)14(24)20-8-11-3-5-12(6-4-11)13-21-15(25-22-13)16(17,18)19/h3-6,9H,7-8H2,1-2H3,(H,20,24). The largest absolute Gasteiger partial charge is 0.471 e. The molecule has 1 amide bonds. The van der Waals surface area contributed by atoms with Gasteiger partial charge in [0.05, 0.1) is 0 Å². The number of nitrogens with one attached hydrogen (secondary N) is 1. The van der Waals surface area contributed by atoms with Crippen LogP contribution in [0.1, 0.15) is 31.7 Å². The lowest BCUT2D eigenvalue weighted by molar-refractivity contribution is -0.159. The van der Waals surface area contributed by atoms with Gasteiger partial charge >= 0.3 is 12.1 Å². The first-order valence-electron chi connectivity index (χ1n) is 7.44. The first-order chi connectivity index (χ1) is 11.7. The van der Waals surface area contributed by atoms with Crippen LogP contribution in [0.2, 0.25) is 0 Å². The van der Waals surface area contributed by atoms with E-state index in [9.17, 15) is 22.8 Å². The first kappa shape index (κ1) is 18.6. The van der Waals surface area contributed by atoms with Crippen LogP contribution >= 0.6 is 0 Å². The average Bonchev–Trinajstić information content (AvgIpc) is 3.02. The minimum absolute atomic E-state index is 0.0645. The normalized spacial score (nSPS) is 12.7. The number of nitrogens with zero attached hydrogens (tertiary/aromatic N) is 2. The molecule has 2 rings (SSSR count). The monoisotopic (exact) mass is 355 g/mol. The van der Waals surface area contributed by atoms with Gasteiger partial charge in [0.2, 0.25) is 11.7 Å². The van der Waals surface area contributed by atoms with Gasteiger partial charge in [-0.25, -0.2) is 0 Å². The third-order valence-corrected chi connectivity index (χ3v) is 3.39. The lowest BCUT2D eigenvalue weighted by Crippen LogP contribution is -2.29. The van der Waals surface area contributed by atoms with Gasteiger partial charge in [0.25, 0.3) is 0 Å². The highest BCUT2D eigenvalue weighted by Crippen LogP contribution is 2.29. The highest BCUT2D eigenvalue weighted by atomic mass is 19.4. The summed E-state index contributed by atoms with van der Waals surface area (Å²) in [5.41, 5.74) is 1.10. The van der Waals surface area contributed by atoms with Gasteiger partial charge in [-0.05, 0) is 12.5 Å². The molecule has 6 nitrogen and oxygen atoms in total. The third kappa shape index (κ3) is 5.13. The van der Waals surface area contributed by atoms with Crippen molar-refractivity contribution < 1.29 is 27.3 Å². The van der Waals surface area contributed by atoms with Gasteiger partial charge in [0.15, 0.2) is 0 Å². The van der Waals surface area contributed by atoms with E-state index in [1.165, 1.54) is 19.1 Å². The molecule has 0 fully saturated rings. The van der Waals surface area contributed by atoms with E-state index in [0.717, 1.165) is 5.56 Å². The molecule has 0 saturated heterocycles. The molecular weight excluding hydrogens is 339 g/mol. The number of carbonyl (C=O) groups excluding carboxylic acids is 2. The average molecular weight is 355 g/mol. The molecule has 0 saturated carbocycles. The molecule has 1 atom stereocenters. The number of Topliss-reactive ketones (excluding diaryl/α,β-unsaturated/α-hetero) is 1. The van der Waals surface area contributed by atoms with E-state index in [2.05, 4.69) is 20.0 Å². The van der Waals surface area contributed by atoms with Crippen LogP contribution in [0.25, 0.3) is 11.4 Å². The number of hydrogen-bond acceptors (Lipinski definition) is 5. The van der Waals surface area contributed by atoms with E-state index < -0.39 is 18.0 Å². The van der Waals surface area contributed by atoms with Crippen LogP contribution < -0.4 is 5.32 Å². The van der Waals surface area contributed by atoms with Crippen LogP contribution in [0.5, 0.6) is 0 Å². The van der Waals surface area contributed by atoms with Gasteiger partial charge in [-0.3, -0.25) is 4.79 Å². The van der Waals surface area contributed by atoms with Gasteiger partial charge in [0.1, 0.15) is 5.78 Å². The number of rotatable bonds is 6. The van der Waals surface area contributed by atoms with Crippen LogP contribution in [0.4, 0.5) is 13.2 Å². The molecule has 1 unspecified atom stereocenters. The van der Waals surface area contributed by atoms with Crippen LogP contribution in [0, 0.1) is 5.92 Å². The third-order valence-electron chi connectivity index (χ3n) is 3.39. The summed E-state index contributed by atoms with van der Waals surface area (Å²) >= 11 is 0. The van der Waals surface area contributed by atoms with Crippen LogP contribution in [0.3, 0.4) is 0 Å². The quantitative estimate of drug-likeness (QED) is 0.861. The molecule has 0 aliphatic rings. The molecule has 1 heterocycles. The fourth-order valence-electron chi connectivity index (χ4n) is 2.11. The molecule has 0 radical (unpaired) electrons. The second-order valence-corrected chi connectivity index (χ2v) is 5.64. The Morgan fingerprint density at radius 3 is 2.40 bits per heavy atom. The molecule has 0 aliphatic heterocycles. The molecule has 2 aromatic rings. The Labute approximate surface area is 141 Å². The van der Waals surface area contributed by atoms with Crippen molar-refractivity contribution in [2.45, 2.75) is 33.0 Å². The predicted molar refractivity (Wildman–Crippen MR) is 81.0 cm³/mol. The molecular formula is C16H16F3N3O3. The van der Waals surface area contributed by atoms with Crippen molar-refractivity contribution in [2.24, 2.45) is 5.92 Å². The van der Waals surface area contributed by atoms with E-state index in [1.807, 2.05) is 0 Å². The summed E-state index contributed by atoms with van der Waals surface area (Å²) in [6.07, 6.45) is -4.52. The number of amides is 1. The Bertz CT molecular complexity index is 754. The predicted octanol–water partition coefficient (Wildman–Crippen LogP) is 2.99. The summed E-state index contributed by atoms with van der Waals surface area (Å²) in [5, 5.41) is 6.00. The number of hydrogen-bond donors (Lipinski definition) is 1. The number of aromatic nitrogens is 2. The van der Waals surface area contributed by atoms with Crippen molar-refractivity contribution in [3.8, 4) is 11.4 Å². The highest BCUT2D eigenvalue weighted by molar-refractivity contribution is 5.85. The van der Waals surface area contributed by atoms with Gasteiger partial charge in [-0.2, -0.15) is 18.2 Å². The zero-order valence-corrected chi connectivity index (χ0v) is 13.6. The number of benzene rings is 1. The van der Waals surface area contributed by atoms with Gasteiger partial charge in [-0.1, -0.05) is 36.3 Å². The molecule has 134 valence electrons. The molecule has 1 aromatic heterocycles. The van der Waals surface area contributed by atoms with E-state index in [4.69, 9.17) is 0 Å². The summed E-state index contributed by atoms with van der Waals surface area (Å²) in [6, 6.07) is 6.33. The van der Waals surface area contributed by atoms with Gasteiger partial charge in [-0.15, -0.1) is 0 Å². The fraction of sp³-hybridized carbons (Fsp3) is 0.375. The topological polar surface area (TPSA) is 85.1 Å². The van der Waals surface area contributed by atoms with Crippen molar-refractivity contribution >= 4 is 11.7 Å². The van der Waals surface area contributed by atoms with E-state index in [1.54, 1.807) is 19.1 Å². The molecule has 0 spiro atoms. The van der Waals surface area contributed by atoms with Crippen molar-refractivity contribution in [3.05, 3.63) is 35.7 Å². The van der Waals surface area contributed by atoms with Crippen molar-refractivity contribution in [1.29, 1.82) is 0 Å². The maximum atomic E-state index is 12.4. The van der Waals surface area contributed by atoms with Gasteiger partial charge in [0, 0.05) is 24.4 Å². The highest BCUT2D eigenvalue weighted by Gasteiger charge is 2.38. The Morgan fingerprint density at radius 2 is 1.88 bits per heavy atom. The minimum Gasteiger partial charge on any atom is -0.352 e. The second kappa shape index (κ2) is 7.45. The summed E-state index contributed by atoms with van der Waals surface area (Å²) in [6.45, 7) is 3.32. The zero-order valence-electron chi connectivity index (χ0n) is 13.6. The molecule has 0 bridgehead atoms. The number of ketones is 1. The van der Waals surface area contributed by atoms with E-state index in [0.29, 0.717) is 5.56 Å². The Kier molecular flexibility index (Phi) is 5.55. The maximum absolute atomic E-state index is 12.4. The SMILES string of the molecule is CC(=O)CC(C)C(=O)NCc1ccc(-c2noc(C(F)(F)F)n2)cc1. The smallest absolute Gasteiger partial charge is 0.352 e. The Balaban J connectivity index is 1.97. The minimum atomic E-state index is -4.69. The summed E-state index contributed by atoms with van der Waals surface area (Å²) in [5.74, 6) is -2.30. The molecule has 1 aromatic carbocycles. The van der Waals surface area contributed by atoms with Crippen molar-refractivity contribution in [2.75, 3.05) is 0 Å². The van der Waals surface area contributed by atoms with Crippen LogP contribution in [0.15, 0.2) is 28.8 Å². The summed E-state index contributed by atoms with van der Waals surface area (Å²) < 4.78 is 41.5. The maximum Gasteiger partial charge on any atom is 0.471 e. The molecule has 25 heavy (non-hydrogen) atoms.